The monoisotopic (exact) mass is 337 g/mol. The Morgan fingerprint density at radius 3 is 2.56 bits per heavy atom. The smallest absolute Gasteiger partial charge is 0.119 e. The van der Waals surface area contributed by atoms with Crippen LogP contribution in [0.5, 0.6) is 5.75 Å². The molecule has 2 N–H and O–H groups in total. The molecule has 25 heavy (non-hydrogen) atoms. The zero-order chi connectivity index (χ0) is 17.8. The molecule has 1 aromatic heterocycles. The number of rotatable bonds is 7. The van der Waals surface area contributed by atoms with Crippen molar-refractivity contribution < 1.29 is 4.74 Å². The third kappa shape index (κ3) is 4.13. The number of hydrogen-bond acceptors (Lipinski definition) is 3. The number of ether oxygens (including phenoxy) is 1. The third-order valence-electron chi connectivity index (χ3n) is 4.38. The second-order valence-corrected chi connectivity index (χ2v) is 6.86. The van der Waals surface area contributed by atoms with Crippen molar-refractivity contribution in [2.75, 3.05) is 12.3 Å². The van der Waals surface area contributed by atoms with Gasteiger partial charge >= 0.3 is 0 Å². The first-order valence-electron chi connectivity index (χ1n) is 9.03. The molecule has 0 radical (unpaired) electrons. The molecule has 4 heteroatoms. The second kappa shape index (κ2) is 7.60. The molecule has 132 valence electrons. The summed E-state index contributed by atoms with van der Waals surface area (Å²) in [6, 6.07) is 14.3. The molecule has 0 unspecified atom stereocenters. The number of anilines is 1. The van der Waals surface area contributed by atoms with Gasteiger partial charge in [0, 0.05) is 18.7 Å². The topological polar surface area (TPSA) is 53.1 Å². The minimum atomic E-state index is 0.657. The van der Waals surface area contributed by atoms with Gasteiger partial charge in [0.25, 0.3) is 0 Å². The van der Waals surface area contributed by atoms with Gasteiger partial charge in [0.05, 0.1) is 17.6 Å². The summed E-state index contributed by atoms with van der Waals surface area (Å²) in [6.45, 7) is 8.17. The van der Waals surface area contributed by atoms with Crippen molar-refractivity contribution in [3.05, 3.63) is 53.9 Å². The van der Waals surface area contributed by atoms with E-state index >= 15 is 0 Å². The Bertz CT molecular complexity index is 834. The summed E-state index contributed by atoms with van der Waals surface area (Å²) in [7, 11) is 0. The van der Waals surface area contributed by atoms with Crippen LogP contribution in [-0.2, 0) is 13.0 Å². The highest BCUT2D eigenvalue weighted by Crippen LogP contribution is 2.23. The molecule has 4 nitrogen and oxygen atoms in total. The molecule has 0 aliphatic carbocycles. The molecule has 1 heterocycles. The first-order chi connectivity index (χ1) is 12.1. The summed E-state index contributed by atoms with van der Waals surface area (Å²) < 4.78 is 7.86. The van der Waals surface area contributed by atoms with Crippen LogP contribution in [0.3, 0.4) is 0 Å². The molecule has 0 fully saturated rings. The predicted octanol–water partition coefficient (Wildman–Crippen LogP) is 4.65. The summed E-state index contributed by atoms with van der Waals surface area (Å²) >= 11 is 0. The number of aromatic nitrogens is 2. The van der Waals surface area contributed by atoms with E-state index in [0.717, 1.165) is 47.7 Å². The van der Waals surface area contributed by atoms with E-state index in [4.69, 9.17) is 15.5 Å². The number of hydrogen-bond donors (Lipinski definition) is 1. The van der Waals surface area contributed by atoms with E-state index in [2.05, 4.69) is 36.6 Å². The van der Waals surface area contributed by atoms with Crippen molar-refractivity contribution in [3.8, 4) is 5.75 Å². The highest BCUT2D eigenvalue weighted by atomic mass is 16.5. The maximum Gasteiger partial charge on any atom is 0.119 e. The minimum absolute atomic E-state index is 0.657. The molecular formula is C21H27N3O. The van der Waals surface area contributed by atoms with Crippen LogP contribution in [-0.4, -0.2) is 16.2 Å². The summed E-state index contributed by atoms with van der Waals surface area (Å²) in [5, 5.41) is 0. The maximum atomic E-state index is 5.94. The zero-order valence-corrected chi connectivity index (χ0v) is 15.3. The van der Waals surface area contributed by atoms with Crippen LogP contribution in [0.4, 0.5) is 5.69 Å². The lowest BCUT2D eigenvalue weighted by atomic mass is 10.1. The quantitative estimate of drug-likeness (QED) is 0.638. The fourth-order valence-corrected chi connectivity index (χ4v) is 3.02. The third-order valence-corrected chi connectivity index (χ3v) is 4.38. The Labute approximate surface area is 149 Å². The van der Waals surface area contributed by atoms with Crippen LogP contribution in [0.15, 0.2) is 42.5 Å². The summed E-state index contributed by atoms with van der Waals surface area (Å²) in [5.41, 5.74) is 10.1. The van der Waals surface area contributed by atoms with Gasteiger partial charge in [-0.3, -0.25) is 0 Å². The molecule has 3 rings (SSSR count). The SMILES string of the molecule is CCOc1ccc(Cc2nc3cc(N)ccc3n2CCC(C)C)cc1. The Morgan fingerprint density at radius 1 is 1.12 bits per heavy atom. The molecule has 0 spiro atoms. The van der Waals surface area contributed by atoms with Gasteiger partial charge in [-0.05, 0) is 55.2 Å². The van der Waals surface area contributed by atoms with Crippen molar-refractivity contribution in [2.45, 2.75) is 40.2 Å². The van der Waals surface area contributed by atoms with Crippen molar-refractivity contribution in [3.63, 3.8) is 0 Å². The average Bonchev–Trinajstić information content (AvgIpc) is 2.91. The Morgan fingerprint density at radius 2 is 1.88 bits per heavy atom. The Hall–Kier alpha value is -2.49. The average molecular weight is 337 g/mol. The summed E-state index contributed by atoms with van der Waals surface area (Å²) in [6.07, 6.45) is 1.94. The van der Waals surface area contributed by atoms with Crippen LogP contribution in [0.25, 0.3) is 11.0 Å². The largest absolute Gasteiger partial charge is 0.494 e. The minimum Gasteiger partial charge on any atom is -0.494 e. The number of nitrogens with two attached hydrogens (primary N) is 1. The standard InChI is InChI=1S/C21H27N3O/c1-4-25-18-8-5-16(6-9-18)13-21-23-19-14-17(22)7-10-20(19)24(21)12-11-15(2)3/h5-10,14-15H,4,11-13,22H2,1-3H3. The second-order valence-electron chi connectivity index (χ2n) is 6.86. The molecule has 0 saturated carbocycles. The van der Waals surface area contributed by atoms with Crippen molar-refractivity contribution in [1.29, 1.82) is 0 Å². The molecule has 0 aliphatic heterocycles. The Balaban J connectivity index is 1.91. The van der Waals surface area contributed by atoms with Crippen molar-refractivity contribution in [2.24, 2.45) is 5.92 Å². The number of nitrogen functional groups attached to an aromatic ring is 1. The lowest BCUT2D eigenvalue weighted by molar-refractivity contribution is 0.340. The van der Waals surface area contributed by atoms with Crippen molar-refractivity contribution >= 4 is 16.7 Å². The summed E-state index contributed by atoms with van der Waals surface area (Å²) in [4.78, 5) is 4.86. The lowest BCUT2D eigenvalue weighted by Crippen LogP contribution is -2.07. The van der Waals surface area contributed by atoms with Crippen LogP contribution >= 0.6 is 0 Å². The number of nitrogens with zero attached hydrogens (tertiary/aromatic N) is 2. The molecule has 0 atom stereocenters. The van der Waals surface area contributed by atoms with Gasteiger partial charge in [-0.25, -0.2) is 4.98 Å². The normalized spacial score (nSPS) is 11.4. The van der Waals surface area contributed by atoms with E-state index < -0.39 is 0 Å². The van der Waals surface area contributed by atoms with Crippen LogP contribution in [0.2, 0.25) is 0 Å². The maximum absolute atomic E-state index is 5.94. The van der Waals surface area contributed by atoms with Crippen molar-refractivity contribution in [1.82, 2.24) is 9.55 Å². The van der Waals surface area contributed by atoms with Gasteiger partial charge in [-0.15, -0.1) is 0 Å². The Kier molecular flexibility index (Phi) is 5.27. The first kappa shape index (κ1) is 17.3. The highest BCUT2D eigenvalue weighted by molar-refractivity contribution is 5.79. The first-order valence-corrected chi connectivity index (χ1v) is 9.03. The molecule has 0 amide bonds. The van der Waals surface area contributed by atoms with Gasteiger partial charge in [0.1, 0.15) is 11.6 Å². The fourth-order valence-electron chi connectivity index (χ4n) is 3.02. The molecule has 3 aromatic rings. The van der Waals surface area contributed by atoms with E-state index in [1.807, 2.05) is 31.2 Å². The fraction of sp³-hybridized carbons (Fsp3) is 0.381. The number of fused-ring (bicyclic) bond motifs is 1. The van der Waals surface area contributed by atoms with Gasteiger partial charge < -0.3 is 15.0 Å². The summed E-state index contributed by atoms with van der Waals surface area (Å²) in [5.74, 6) is 2.65. The number of benzene rings is 2. The van der Waals surface area contributed by atoms with E-state index in [9.17, 15) is 0 Å². The lowest BCUT2D eigenvalue weighted by Gasteiger charge is -2.11. The van der Waals surface area contributed by atoms with Gasteiger partial charge in [0.2, 0.25) is 0 Å². The number of imidazole rings is 1. The van der Waals surface area contributed by atoms with Gasteiger partial charge in [0.15, 0.2) is 0 Å². The number of aryl methyl sites for hydroxylation is 1. The van der Waals surface area contributed by atoms with Gasteiger partial charge in [-0.2, -0.15) is 0 Å². The molecule has 2 aromatic carbocycles. The van der Waals surface area contributed by atoms with Crippen LogP contribution < -0.4 is 10.5 Å². The van der Waals surface area contributed by atoms with E-state index in [1.165, 1.54) is 5.56 Å². The molecule has 0 bridgehead atoms. The molecular weight excluding hydrogens is 310 g/mol. The van der Waals surface area contributed by atoms with Crippen LogP contribution in [0.1, 0.15) is 38.6 Å². The predicted molar refractivity (Wildman–Crippen MR) is 104 cm³/mol. The highest BCUT2D eigenvalue weighted by Gasteiger charge is 2.12. The van der Waals surface area contributed by atoms with E-state index in [-0.39, 0.29) is 0 Å². The van der Waals surface area contributed by atoms with E-state index in [0.29, 0.717) is 12.5 Å². The van der Waals surface area contributed by atoms with Gasteiger partial charge in [-0.1, -0.05) is 26.0 Å². The van der Waals surface area contributed by atoms with E-state index in [1.54, 1.807) is 0 Å². The molecule has 0 aliphatic rings. The van der Waals surface area contributed by atoms with Crippen LogP contribution in [0, 0.1) is 5.92 Å². The zero-order valence-electron chi connectivity index (χ0n) is 15.3. The molecule has 0 saturated heterocycles.